The summed E-state index contributed by atoms with van der Waals surface area (Å²) in [6.45, 7) is 1.27. The van der Waals surface area contributed by atoms with Crippen molar-refractivity contribution in [3.05, 3.63) is 54.2 Å². The van der Waals surface area contributed by atoms with Crippen LogP contribution in [0.4, 0.5) is 5.69 Å². The number of pyridine rings is 2. The van der Waals surface area contributed by atoms with Crippen LogP contribution in [0, 0.1) is 0 Å². The number of nitrogens with zero attached hydrogens (tertiary/aromatic N) is 4. The van der Waals surface area contributed by atoms with Crippen molar-refractivity contribution in [2.75, 3.05) is 31.7 Å². The second kappa shape index (κ2) is 8.70. The summed E-state index contributed by atoms with van der Waals surface area (Å²) in [4.78, 5) is 33.6. The van der Waals surface area contributed by atoms with Crippen molar-refractivity contribution in [3.63, 3.8) is 0 Å². The standard InChI is InChI=1S/C20H20N6O4/c1-26-12-16-18(25-26)20(28)23-4-5-29-6-7-30-17-9-13(2-3-22-17)14-8-15(11-21-10-14)19(27)24-16/h2-3,8-12H,4-7H2,1H3,(H,23,28)(H,24,27). The lowest BCUT2D eigenvalue weighted by Gasteiger charge is -2.10. The summed E-state index contributed by atoms with van der Waals surface area (Å²) >= 11 is 0. The number of carbonyl (C=O) groups is 2. The zero-order chi connectivity index (χ0) is 20.9. The molecule has 10 heteroatoms. The summed E-state index contributed by atoms with van der Waals surface area (Å²) in [5, 5.41) is 9.62. The van der Waals surface area contributed by atoms with Crippen LogP contribution in [0.2, 0.25) is 0 Å². The lowest BCUT2D eigenvalue weighted by Crippen LogP contribution is -2.29. The van der Waals surface area contributed by atoms with Crippen LogP contribution in [0.15, 0.2) is 43.0 Å². The Bertz CT molecular complexity index is 1080. The highest BCUT2D eigenvalue weighted by atomic mass is 16.5. The molecule has 10 nitrogen and oxygen atoms in total. The van der Waals surface area contributed by atoms with Gasteiger partial charge in [0, 0.05) is 50.0 Å². The number of aromatic nitrogens is 4. The van der Waals surface area contributed by atoms with Crippen LogP contribution in [-0.2, 0) is 11.8 Å². The first kappa shape index (κ1) is 19.5. The van der Waals surface area contributed by atoms with Gasteiger partial charge in [-0.05, 0) is 17.7 Å². The summed E-state index contributed by atoms with van der Waals surface area (Å²) in [7, 11) is 1.67. The molecule has 0 saturated carbocycles. The van der Waals surface area contributed by atoms with E-state index >= 15 is 0 Å². The molecule has 0 unspecified atom stereocenters. The van der Waals surface area contributed by atoms with E-state index in [4.69, 9.17) is 9.47 Å². The van der Waals surface area contributed by atoms with Crippen LogP contribution >= 0.6 is 0 Å². The Kier molecular flexibility index (Phi) is 5.66. The Morgan fingerprint density at radius 3 is 2.80 bits per heavy atom. The van der Waals surface area contributed by atoms with Gasteiger partial charge in [-0.1, -0.05) is 0 Å². The number of amides is 2. The molecule has 0 fully saturated rings. The third kappa shape index (κ3) is 4.44. The zero-order valence-corrected chi connectivity index (χ0v) is 16.3. The molecule has 4 rings (SSSR count). The molecular weight excluding hydrogens is 388 g/mol. The van der Waals surface area contributed by atoms with Gasteiger partial charge >= 0.3 is 0 Å². The molecule has 0 spiro atoms. The molecule has 154 valence electrons. The number of rotatable bonds is 0. The van der Waals surface area contributed by atoms with E-state index in [1.54, 1.807) is 37.8 Å². The number of fused-ring (bicyclic) bond motifs is 6. The molecular formula is C20H20N6O4. The van der Waals surface area contributed by atoms with E-state index in [2.05, 4.69) is 25.7 Å². The Labute approximate surface area is 172 Å². The van der Waals surface area contributed by atoms with Crippen LogP contribution in [0.25, 0.3) is 11.1 Å². The lowest BCUT2D eigenvalue weighted by atomic mass is 10.1. The van der Waals surface area contributed by atoms with Crippen LogP contribution in [0.1, 0.15) is 20.8 Å². The molecule has 30 heavy (non-hydrogen) atoms. The summed E-state index contributed by atoms with van der Waals surface area (Å²) < 4.78 is 12.6. The van der Waals surface area contributed by atoms with Gasteiger partial charge in [-0.2, -0.15) is 5.10 Å². The first-order valence-corrected chi connectivity index (χ1v) is 9.35. The highest BCUT2D eigenvalue weighted by molar-refractivity contribution is 6.08. The van der Waals surface area contributed by atoms with E-state index in [9.17, 15) is 9.59 Å². The average Bonchev–Trinajstić information content (AvgIpc) is 3.12. The smallest absolute Gasteiger partial charge is 0.274 e. The number of nitrogens with one attached hydrogen (secondary N) is 2. The predicted octanol–water partition coefficient (Wildman–Crippen LogP) is 1.27. The molecule has 0 aliphatic carbocycles. The minimum Gasteiger partial charge on any atom is -0.475 e. The van der Waals surface area contributed by atoms with E-state index in [-0.39, 0.29) is 5.69 Å². The maximum Gasteiger partial charge on any atom is 0.274 e. The molecule has 2 amide bonds. The molecule has 0 atom stereocenters. The Balaban J connectivity index is 1.68. The SMILES string of the molecule is Cn1cc2c(n1)C(=O)NCCOCCOc1cc(ccn1)-c1cncc(c1)C(=O)N2. The molecule has 4 bridgehead atoms. The van der Waals surface area contributed by atoms with Crippen LogP contribution < -0.4 is 15.4 Å². The van der Waals surface area contributed by atoms with Crippen LogP contribution in [-0.4, -0.2) is 57.9 Å². The number of hydrogen-bond acceptors (Lipinski definition) is 7. The van der Waals surface area contributed by atoms with Gasteiger partial charge in [-0.25, -0.2) is 4.98 Å². The average molecular weight is 408 g/mol. The molecule has 2 N–H and O–H groups in total. The Hall–Kier alpha value is -3.79. The topological polar surface area (TPSA) is 120 Å². The number of ether oxygens (including phenoxy) is 2. The summed E-state index contributed by atoms with van der Waals surface area (Å²) in [5.41, 5.74) is 2.32. The highest BCUT2D eigenvalue weighted by Crippen LogP contribution is 2.23. The fourth-order valence-corrected chi connectivity index (χ4v) is 2.96. The van der Waals surface area contributed by atoms with Crippen molar-refractivity contribution >= 4 is 17.5 Å². The van der Waals surface area contributed by atoms with Crippen LogP contribution in [0.5, 0.6) is 5.88 Å². The van der Waals surface area contributed by atoms with Gasteiger partial charge in [0.15, 0.2) is 5.69 Å². The number of carbonyl (C=O) groups excluding carboxylic acids is 2. The minimum atomic E-state index is -0.405. The van der Waals surface area contributed by atoms with Gasteiger partial charge in [0.1, 0.15) is 6.61 Å². The van der Waals surface area contributed by atoms with Gasteiger partial charge < -0.3 is 20.1 Å². The van der Waals surface area contributed by atoms with E-state index in [1.807, 2.05) is 6.07 Å². The van der Waals surface area contributed by atoms with Crippen molar-refractivity contribution in [2.24, 2.45) is 7.05 Å². The third-order valence-electron chi connectivity index (χ3n) is 4.37. The lowest BCUT2D eigenvalue weighted by molar-refractivity contribution is 0.0859. The first-order valence-electron chi connectivity index (χ1n) is 9.35. The predicted molar refractivity (Wildman–Crippen MR) is 107 cm³/mol. The molecule has 1 aliphatic heterocycles. The minimum absolute atomic E-state index is 0.123. The van der Waals surface area contributed by atoms with Crippen molar-refractivity contribution in [1.82, 2.24) is 25.1 Å². The summed E-state index contributed by atoms with van der Waals surface area (Å²) in [5.74, 6) is -0.361. The second-order valence-corrected chi connectivity index (χ2v) is 6.58. The van der Waals surface area contributed by atoms with Crippen LogP contribution in [0.3, 0.4) is 0 Å². The number of anilines is 1. The third-order valence-corrected chi connectivity index (χ3v) is 4.37. The molecule has 1 aliphatic rings. The van der Waals surface area contributed by atoms with E-state index in [0.717, 1.165) is 11.1 Å². The van der Waals surface area contributed by atoms with Crippen molar-refractivity contribution in [2.45, 2.75) is 0 Å². The number of aryl methyl sites for hydroxylation is 1. The maximum absolute atomic E-state index is 12.8. The van der Waals surface area contributed by atoms with E-state index in [0.29, 0.717) is 43.5 Å². The molecule has 0 saturated heterocycles. The van der Waals surface area contributed by atoms with Gasteiger partial charge in [0.05, 0.1) is 24.5 Å². The summed E-state index contributed by atoms with van der Waals surface area (Å²) in [6.07, 6.45) is 6.32. The quantitative estimate of drug-likeness (QED) is 0.575. The van der Waals surface area contributed by atoms with Gasteiger partial charge in [0.2, 0.25) is 5.88 Å². The van der Waals surface area contributed by atoms with Crippen molar-refractivity contribution in [1.29, 1.82) is 0 Å². The largest absolute Gasteiger partial charge is 0.475 e. The van der Waals surface area contributed by atoms with Crippen molar-refractivity contribution in [3.8, 4) is 17.0 Å². The van der Waals surface area contributed by atoms with E-state index in [1.165, 1.54) is 10.9 Å². The fourth-order valence-electron chi connectivity index (χ4n) is 2.96. The molecule has 4 heterocycles. The first-order chi connectivity index (χ1) is 14.6. The zero-order valence-electron chi connectivity index (χ0n) is 16.3. The second-order valence-electron chi connectivity index (χ2n) is 6.58. The van der Waals surface area contributed by atoms with Crippen molar-refractivity contribution < 1.29 is 19.1 Å². The monoisotopic (exact) mass is 408 g/mol. The Morgan fingerprint density at radius 2 is 1.90 bits per heavy atom. The maximum atomic E-state index is 12.8. The fraction of sp³-hybridized carbons (Fsp3) is 0.250. The Morgan fingerprint density at radius 1 is 1.03 bits per heavy atom. The van der Waals surface area contributed by atoms with E-state index < -0.39 is 11.8 Å². The number of hydrogen-bond donors (Lipinski definition) is 2. The summed E-state index contributed by atoms with van der Waals surface area (Å²) in [6, 6.07) is 5.30. The molecule has 0 aromatic carbocycles. The highest BCUT2D eigenvalue weighted by Gasteiger charge is 2.19. The van der Waals surface area contributed by atoms with Gasteiger partial charge in [-0.3, -0.25) is 19.3 Å². The van der Waals surface area contributed by atoms with Gasteiger partial charge in [0.25, 0.3) is 11.8 Å². The van der Waals surface area contributed by atoms with Gasteiger partial charge in [-0.15, -0.1) is 0 Å². The molecule has 3 aromatic heterocycles. The normalized spacial score (nSPS) is 15.1. The molecule has 3 aromatic rings. The molecule has 0 radical (unpaired) electrons.